The van der Waals surface area contributed by atoms with Crippen molar-refractivity contribution in [3.8, 4) is 17.2 Å². The van der Waals surface area contributed by atoms with Gasteiger partial charge in [-0.05, 0) is 37.1 Å². The zero-order valence-corrected chi connectivity index (χ0v) is 13.3. The predicted octanol–water partition coefficient (Wildman–Crippen LogP) is 2.25. The normalized spacial score (nSPS) is 16.8. The molecule has 0 spiro atoms. The smallest absolute Gasteiger partial charge is 0.277 e. The maximum atomic E-state index is 10.1. The minimum Gasteiger partial charge on any atom is -0.497 e. The first kappa shape index (κ1) is 15.3. The van der Waals surface area contributed by atoms with Gasteiger partial charge in [-0.3, -0.25) is 4.90 Å². The summed E-state index contributed by atoms with van der Waals surface area (Å²) in [5.41, 5.74) is 0.847. The molecule has 0 aliphatic carbocycles. The van der Waals surface area contributed by atoms with Gasteiger partial charge in [-0.2, -0.15) is 0 Å². The number of ether oxygens (including phenoxy) is 1. The van der Waals surface area contributed by atoms with E-state index in [4.69, 9.17) is 9.15 Å². The fraction of sp³-hybridized carbons (Fsp3) is 0.467. The third kappa shape index (κ3) is 3.60. The van der Waals surface area contributed by atoms with Gasteiger partial charge in [0.1, 0.15) is 12.0 Å². The van der Waals surface area contributed by atoms with Crippen LogP contribution in [0.25, 0.3) is 11.5 Å². The Morgan fingerprint density at radius 2 is 2.00 bits per heavy atom. The molecule has 1 aliphatic heterocycles. The number of hydrogen-bond donors (Lipinski definition) is 1. The van der Waals surface area contributed by atoms with Crippen LogP contribution in [0.5, 0.6) is 5.75 Å². The third-order valence-electron chi connectivity index (χ3n) is 3.66. The molecule has 1 aromatic carbocycles. The standard InChI is InChI=1S/C15H19N3O3S/c1-20-12-6-4-11(5-7-12)14-16-17-15(21-14)22-10-13(19)18-8-2-3-9-18/h4-7,13,19H,2-3,8-10H2,1H3. The molecule has 2 heterocycles. The van der Waals surface area contributed by atoms with Gasteiger partial charge in [0.05, 0.1) is 7.11 Å². The van der Waals surface area contributed by atoms with Crippen LogP contribution in [-0.4, -0.2) is 52.4 Å². The van der Waals surface area contributed by atoms with Crippen LogP contribution < -0.4 is 4.74 Å². The molecule has 0 radical (unpaired) electrons. The number of nitrogens with zero attached hydrogens (tertiary/aromatic N) is 3. The lowest BCUT2D eigenvalue weighted by Gasteiger charge is -2.20. The van der Waals surface area contributed by atoms with Gasteiger partial charge in [-0.25, -0.2) is 0 Å². The number of rotatable bonds is 6. The monoisotopic (exact) mass is 321 g/mol. The van der Waals surface area contributed by atoms with Crippen LogP contribution >= 0.6 is 11.8 Å². The highest BCUT2D eigenvalue weighted by molar-refractivity contribution is 7.99. The number of aromatic nitrogens is 2. The van der Waals surface area contributed by atoms with E-state index in [2.05, 4.69) is 15.1 Å². The summed E-state index contributed by atoms with van der Waals surface area (Å²) in [6.45, 7) is 1.92. The van der Waals surface area contributed by atoms with E-state index in [1.54, 1.807) is 7.11 Å². The molecule has 0 amide bonds. The van der Waals surface area contributed by atoms with Crippen molar-refractivity contribution in [2.45, 2.75) is 24.3 Å². The van der Waals surface area contributed by atoms with Crippen molar-refractivity contribution >= 4 is 11.8 Å². The number of benzene rings is 1. The Labute approximate surface area is 133 Å². The maximum Gasteiger partial charge on any atom is 0.277 e. The Balaban J connectivity index is 1.58. The number of thioether (sulfide) groups is 1. The van der Waals surface area contributed by atoms with E-state index in [9.17, 15) is 5.11 Å². The highest BCUT2D eigenvalue weighted by Gasteiger charge is 2.20. The quantitative estimate of drug-likeness (QED) is 0.818. The average Bonchev–Trinajstić information content (AvgIpc) is 3.24. The first-order valence-corrected chi connectivity index (χ1v) is 8.27. The highest BCUT2D eigenvalue weighted by Crippen LogP contribution is 2.25. The summed E-state index contributed by atoms with van der Waals surface area (Å²) in [5, 5.41) is 18.6. The van der Waals surface area contributed by atoms with E-state index in [-0.39, 0.29) is 0 Å². The van der Waals surface area contributed by atoms with Gasteiger partial charge >= 0.3 is 0 Å². The molecule has 6 nitrogen and oxygen atoms in total. The summed E-state index contributed by atoms with van der Waals surface area (Å²) in [5.74, 6) is 1.79. The number of methoxy groups -OCH3 is 1. The topological polar surface area (TPSA) is 71.6 Å². The van der Waals surface area contributed by atoms with Crippen molar-refractivity contribution in [2.75, 3.05) is 26.0 Å². The molecule has 1 N–H and O–H groups in total. The Kier molecular flexibility index (Phi) is 4.97. The van der Waals surface area contributed by atoms with Crippen LogP contribution in [0.4, 0.5) is 0 Å². The second-order valence-electron chi connectivity index (χ2n) is 5.14. The molecular formula is C15H19N3O3S. The molecule has 0 bridgehead atoms. The molecule has 1 saturated heterocycles. The number of aliphatic hydroxyl groups is 1. The fourth-order valence-electron chi connectivity index (χ4n) is 2.41. The molecule has 2 aromatic rings. The van der Waals surface area contributed by atoms with Gasteiger partial charge in [-0.1, -0.05) is 11.8 Å². The number of hydrogen-bond acceptors (Lipinski definition) is 7. The van der Waals surface area contributed by atoms with Crippen LogP contribution in [0.1, 0.15) is 12.8 Å². The minimum absolute atomic E-state index is 0.455. The van der Waals surface area contributed by atoms with Crippen LogP contribution in [0.3, 0.4) is 0 Å². The van der Waals surface area contributed by atoms with Gasteiger partial charge in [0.15, 0.2) is 0 Å². The van der Waals surface area contributed by atoms with E-state index < -0.39 is 6.23 Å². The fourth-order valence-corrected chi connectivity index (χ4v) is 3.15. The molecule has 1 aliphatic rings. The van der Waals surface area contributed by atoms with Crippen molar-refractivity contribution in [3.63, 3.8) is 0 Å². The van der Waals surface area contributed by atoms with Crippen LogP contribution in [0.2, 0.25) is 0 Å². The second kappa shape index (κ2) is 7.13. The van der Waals surface area contributed by atoms with Crippen molar-refractivity contribution in [2.24, 2.45) is 0 Å². The Morgan fingerprint density at radius 1 is 1.27 bits per heavy atom. The molecule has 1 unspecified atom stereocenters. The largest absolute Gasteiger partial charge is 0.497 e. The lowest BCUT2D eigenvalue weighted by Crippen LogP contribution is -2.34. The average molecular weight is 321 g/mol. The summed E-state index contributed by atoms with van der Waals surface area (Å²) in [6, 6.07) is 7.45. The van der Waals surface area contributed by atoms with Crippen molar-refractivity contribution in [3.05, 3.63) is 24.3 Å². The molecule has 1 fully saturated rings. The molecule has 1 atom stereocenters. The van der Waals surface area contributed by atoms with E-state index in [0.29, 0.717) is 16.9 Å². The Bertz CT molecular complexity index is 596. The summed E-state index contributed by atoms with van der Waals surface area (Å²) in [6.07, 6.45) is 1.86. The zero-order valence-electron chi connectivity index (χ0n) is 12.4. The molecule has 118 valence electrons. The maximum absolute atomic E-state index is 10.1. The van der Waals surface area contributed by atoms with E-state index in [1.807, 2.05) is 24.3 Å². The number of aliphatic hydroxyl groups excluding tert-OH is 1. The summed E-state index contributed by atoms with van der Waals surface area (Å²) in [7, 11) is 1.63. The van der Waals surface area contributed by atoms with E-state index in [1.165, 1.54) is 11.8 Å². The molecule has 1 aromatic heterocycles. The van der Waals surface area contributed by atoms with Crippen LogP contribution in [-0.2, 0) is 0 Å². The molecular weight excluding hydrogens is 302 g/mol. The van der Waals surface area contributed by atoms with Gasteiger partial charge in [-0.15, -0.1) is 10.2 Å². The SMILES string of the molecule is COc1ccc(-c2nnc(SCC(O)N3CCCC3)o2)cc1. The Hall–Kier alpha value is -1.57. The first-order chi connectivity index (χ1) is 10.8. The third-order valence-corrected chi connectivity index (χ3v) is 4.54. The molecule has 22 heavy (non-hydrogen) atoms. The lowest BCUT2D eigenvalue weighted by molar-refractivity contribution is 0.0408. The number of likely N-dealkylation sites (tertiary alicyclic amines) is 1. The Morgan fingerprint density at radius 3 is 2.68 bits per heavy atom. The summed E-state index contributed by atoms with van der Waals surface area (Å²) in [4.78, 5) is 2.08. The zero-order chi connectivity index (χ0) is 15.4. The van der Waals surface area contributed by atoms with Crippen molar-refractivity contribution in [1.82, 2.24) is 15.1 Å². The summed E-state index contributed by atoms with van der Waals surface area (Å²) < 4.78 is 10.7. The predicted molar refractivity (Wildman–Crippen MR) is 83.8 cm³/mol. The lowest BCUT2D eigenvalue weighted by atomic mass is 10.2. The summed E-state index contributed by atoms with van der Waals surface area (Å²) >= 11 is 1.38. The van der Waals surface area contributed by atoms with Gasteiger partial charge in [0, 0.05) is 24.4 Å². The van der Waals surface area contributed by atoms with E-state index >= 15 is 0 Å². The van der Waals surface area contributed by atoms with Crippen LogP contribution in [0, 0.1) is 0 Å². The minimum atomic E-state index is -0.455. The van der Waals surface area contributed by atoms with E-state index in [0.717, 1.165) is 37.2 Å². The molecule has 0 saturated carbocycles. The first-order valence-electron chi connectivity index (χ1n) is 7.29. The highest BCUT2D eigenvalue weighted by atomic mass is 32.2. The van der Waals surface area contributed by atoms with Gasteiger partial charge < -0.3 is 14.3 Å². The van der Waals surface area contributed by atoms with Crippen molar-refractivity contribution < 1.29 is 14.3 Å². The molecule has 7 heteroatoms. The van der Waals surface area contributed by atoms with Gasteiger partial charge in [0.25, 0.3) is 5.22 Å². The van der Waals surface area contributed by atoms with Crippen molar-refractivity contribution in [1.29, 1.82) is 0 Å². The second-order valence-corrected chi connectivity index (χ2v) is 6.11. The van der Waals surface area contributed by atoms with Gasteiger partial charge in [0.2, 0.25) is 5.89 Å². The molecule has 3 rings (SSSR count). The van der Waals surface area contributed by atoms with Crippen LogP contribution in [0.15, 0.2) is 33.9 Å².